The zero-order valence-electron chi connectivity index (χ0n) is 5.31. The molecule has 0 atom stereocenters. The Bertz CT molecular complexity index is 294. The van der Waals surface area contributed by atoms with Gasteiger partial charge in [-0.05, 0) is 11.4 Å². The van der Waals surface area contributed by atoms with Crippen molar-refractivity contribution in [1.29, 1.82) is 0 Å². The first kappa shape index (κ1) is 7.67. The normalized spacial score (nSPS) is 10.5. The van der Waals surface area contributed by atoms with E-state index in [1.165, 1.54) is 11.2 Å². The van der Waals surface area contributed by atoms with Crippen LogP contribution in [0, 0.1) is 15.3 Å². The molecule has 1 aromatic rings. The fraction of sp³-hybridized carbons (Fsp3) is 0. The molecule has 0 aliphatic carbocycles. The quantitative estimate of drug-likeness (QED) is 0.286. The molecule has 0 fully saturated rings. The van der Waals surface area contributed by atoms with Gasteiger partial charge in [0.2, 0.25) is 0 Å². The number of hydrogen-bond acceptors (Lipinski definition) is 4. The molecule has 0 saturated heterocycles. The minimum Gasteiger partial charge on any atom is -0.625 e. The molecule has 1 rings (SSSR count). The summed E-state index contributed by atoms with van der Waals surface area (Å²) in [7, 11) is 0. The van der Waals surface area contributed by atoms with Crippen molar-refractivity contribution >= 4 is 22.6 Å². The summed E-state index contributed by atoms with van der Waals surface area (Å²) in [5, 5.41) is 23.1. The molecular weight excluding hydrogens is 168 g/mol. The van der Waals surface area contributed by atoms with Gasteiger partial charge in [0, 0.05) is 0 Å². The van der Waals surface area contributed by atoms with Crippen molar-refractivity contribution in [3.63, 3.8) is 0 Å². The van der Waals surface area contributed by atoms with Crippen molar-refractivity contribution in [1.82, 2.24) is 0 Å². The number of nitrogens with one attached hydrogen (secondary N) is 1. The van der Waals surface area contributed by atoms with E-state index in [1.807, 2.05) is 0 Å². The average Bonchev–Trinajstić information content (AvgIpc) is 2.36. The molecule has 0 spiro atoms. The molecule has 0 amide bonds. The lowest BCUT2D eigenvalue weighted by Gasteiger charge is -1.84. The standard InChI is InChI=1S/C5H4N2O3S/c8-6-3-4-1-2-11-5(4)7(9)10/h1-3,6H. The number of nitrogens with zero attached hydrogens (tertiary/aromatic N) is 1. The Kier molecular flexibility index (Phi) is 2.17. The van der Waals surface area contributed by atoms with Gasteiger partial charge in [-0.3, -0.25) is 10.1 Å². The van der Waals surface area contributed by atoms with Crippen molar-refractivity contribution < 1.29 is 10.1 Å². The molecule has 5 nitrogen and oxygen atoms in total. The van der Waals surface area contributed by atoms with Crippen LogP contribution in [-0.2, 0) is 0 Å². The zero-order valence-corrected chi connectivity index (χ0v) is 6.13. The van der Waals surface area contributed by atoms with Gasteiger partial charge in [0.1, 0.15) is 5.56 Å². The van der Waals surface area contributed by atoms with Gasteiger partial charge < -0.3 is 5.21 Å². The van der Waals surface area contributed by atoms with Crippen LogP contribution in [-0.4, -0.2) is 11.1 Å². The first-order valence-corrected chi connectivity index (χ1v) is 3.56. The minimum absolute atomic E-state index is 0.0200. The van der Waals surface area contributed by atoms with Gasteiger partial charge >= 0.3 is 5.00 Å². The molecule has 0 saturated carbocycles. The Balaban J connectivity index is 3.05. The molecule has 0 aromatic carbocycles. The summed E-state index contributed by atoms with van der Waals surface area (Å²) in [6.45, 7) is 0. The zero-order chi connectivity index (χ0) is 8.27. The number of hydrogen-bond donors (Lipinski definition) is 1. The minimum atomic E-state index is -0.520. The lowest BCUT2D eigenvalue weighted by Crippen LogP contribution is -2.60. The molecule has 11 heavy (non-hydrogen) atoms. The number of nitro groups is 1. The molecule has 0 unspecified atom stereocenters. The molecule has 6 heteroatoms. The third-order valence-corrected chi connectivity index (χ3v) is 1.93. The molecular formula is C5H4N2O3S. The number of rotatable bonds is 2. The van der Waals surface area contributed by atoms with Gasteiger partial charge in [0.25, 0.3) is 0 Å². The van der Waals surface area contributed by atoms with E-state index in [4.69, 9.17) is 0 Å². The maximum atomic E-state index is 10.2. The van der Waals surface area contributed by atoms with E-state index >= 15 is 0 Å². The highest BCUT2D eigenvalue weighted by molar-refractivity contribution is 7.13. The van der Waals surface area contributed by atoms with Crippen LogP contribution < -0.4 is 5.16 Å². The molecule has 0 radical (unpaired) electrons. The van der Waals surface area contributed by atoms with Crippen LogP contribution in [0.25, 0.3) is 0 Å². The lowest BCUT2D eigenvalue weighted by atomic mass is 10.3. The van der Waals surface area contributed by atoms with Crippen LogP contribution in [0.1, 0.15) is 5.56 Å². The van der Waals surface area contributed by atoms with Crippen molar-refractivity contribution in [2.24, 2.45) is 0 Å². The van der Waals surface area contributed by atoms with E-state index in [9.17, 15) is 15.3 Å². The largest absolute Gasteiger partial charge is 0.625 e. The Morgan fingerprint density at radius 2 is 2.45 bits per heavy atom. The monoisotopic (exact) mass is 172 g/mol. The SMILES string of the molecule is O=[N+]([O-])c1sccc1C=[NH+][O-]. The predicted octanol–water partition coefficient (Wildman–Crippen LogP) is -0.346. The molecule has 0 bridgehead atoms. The Morgan fingerprint density at radius 3 is 3.00 bits per heavy atom. The molecule has 1 heterocycles. The van der Waals surface area contributed by atoms with Crippen LogP contribution in [0.4, 0.5) is 5.00 Å². The second kappa shape index (κ2) is 3.11. The molecule has 1 N–H and O–H groups in total. The summed E-state index contributed by atoms with van der Waals surface area (Å²) in [4.78, 5) is 9.70. The van der Waals surface area contributed by atoms with Crippen molar-refractivity contribution in [2.45, 2.75) is 0 Å². The second-order valence-electron chi connectivity index (χ2n) is 1.70. The number of thiophene rings is 1. The Hall–Kier alpha value is -1.43. The highest BCUT2D eigenvalue weighted by atomic mass is 32.1. The van der Waals surface area contributed by atoms with Crippen LogP contribution in [0.3, 0.4) is 0 Å². The first-order chi connectivity index (χ1) is 5.25. The Labute approximate surface area is 65.7 Å². The maximum Gasteiger partial charge on any atom is 0.337 e. The van der Waals surface area contributed by atoms with Gasteiger partial charge in [0.15, 0.2) is 6.21 Å². The van der Waals surface area contributed by atoms with Crippen molar-refractivity contribution in [3.8, 4) is 0 Å². The van der Waals surface area contributed by atoms with Crippen LogP contribution >= 0.6 is 11.3 Å². The summed E-state index contributed by atoms with van der Waals surface area (Å²) in [6.07, 6.45) is 1.05. The molecule has 0 aliphatic heterocycles. The molecule has 1 aromatic heterocycles. The summed E-state index contributed by atoms with van der Waals surface area (Å²) in [6, 6.07) is 1.51. The third-order valence-electron chi connectivity index (χ3n) is 1.05. The molecule has 0 aliphatic rings. The van der Waals surface area contributed by atoms with Gasteiger partial charge in [-0.1, -0.05) is 11.3 Å². The maximum absolute atomic E-state index is 10.2. The van der Waals surface area contributed by atoms with Crippen molar-refractivity contribution in [3.05, 3.63) is 32.3 Å². The summed E-state index contributed by atoms with van der Waals surface area (Å²) in [5.74, 6) is 0. The summed E-state index contributed by atoms with van der Waals surface area (Å²) >= 11 is 0.988. The van der Waals surface area contributed by atoms with Gasteiger partial charge in [-0.25, -0.2) is 5.16 Å². The van der Waals surface area contributed by atoms with Gasteiger partial charge in [-0.15, -0.1) is 0 Å². The Morgan fingerprint density at radius 1 is 1.73 bits per heavy atom. The predicted molar refractivity (Wildman–Crippen MR) is 40.5 cm³/mol. The van der Waals surface area contributed by atoms with E-state index in [1.54, 1.807) is 5.38 Å². The van der Waals surface area contributed by atoms with E-state index in [-0.39, 0.29) is 5.00 Å². The van der Waals surface area contributed by atoms with E-state index in [2.05, 4.69) is 0 Å². The smallest absolute Gasteiger partial charge is 0.337 e. The fourth-order valence-electron chi connectivity index (χ4n) is 0.633. The van der Waals surface area contributed by atoms with Gasteiger partial charge in [-0.2, -0.15) is 0 Å². The van der Waals surface area contributed by atoms with Crippen LogP contribution in [0.5, 0.6) is 0 Å². The topological polar surface area (TPSA) is 80.2 Å². The molecule has 58 valence electrons. The highest BCUT2D eigenvalue weighted by Crippen LogP contribution is 2.22. The second-order valence-corrected chi connectivity index (χ2v) is 2.59. The highest BCUT2D eigenvalue weighted by Gasteiger charge is 2.14. The summed E-state index contributed by atoms with van der Waals surface area (Å²) < 4.78 is 0. The third kappa shape index (κ3) is 1.53. The lowest BCUT2D eigenvalue weighted by molar-refractivity contribution is -0.382. The fourth-order valence-corrected chi connectivity index (χ4v) is 1.33. The van der Waals surface area contributed by atoms with E-state index in [0.29, 0.717) is 5.56 Å². The van der Waals surface area contributed by atoms with Crippen molar-refractivity contribution in [2.75, 3.05) is 0 Å². The summed E-state index contributed by atoms with van der Waals surface area (Å²) in [5.41, 5.74) is 0.315. The van der Waals surface area contributed by atoms with Gasteiger partial charge in [0.05, 0.1) is 4.92 Å². The van der Waals surface area contributed by atoms with E-state index in [0.717, 1.165) is 17.6 Å². The van der Waals surface area contributed by atoms with Crippen LogP contribution in [0.15, 0.2) is 11.4 Å². The van der Waals surface area contributed by atoms with Crippen LogP contribution in [0.2, 0.25) is 0 Å². The first-order valence-electron chi connectivity index (χ1n) is 2.68. The average molecular weight is 172 g/mol. The van der Waals surface area contributed by atoms with E-state index < -0.39 is 4.92 Å².